The van der Waals surface area contributed by atoms with Crippen molar-refractivity contribution >= 4 is 28.2 Å². The Kier molecular flexibility index (Phi) is 5.27. The number of alkyl halides is 1. The van der Waals surface area contributed by atoms with E-state index in [2.05, 4.69) is 20.2 Å². The van der Waals surface area contributed by atoms with E-state index in [0.717, 1.165) is 5.69 Å². The van der Waals surface area contributed by atoms with Gasteiger partial charge in [0.2, 0.25) is 5.95 Å². The lowest BCUT2D eigenvalue weighted by Gasteiger charge is -2.34. The summed E-state index contributed by atoms with van der Waals surface area (Å²) in [5, 5.41) is 19.3. The number of fused-ring (bicyclic) bond motifs is 3. The SMILES string of the molecule is COc1cc2nc(N)n3nc([C@@H]4C[C@H](F)CN(c5cnn(CC(C)(C)O)c5)C4)nc3c2cc1F. The first kappa shape index (κ1) is 22.3. The minimum atomic E-state index is -1.10. The van der Waals surface area contributed by atoms with Gasteiger partial charge in [-0.3, -0.25) is 4.68 Å². The number of halogens is 2. The van der Waals surface area contributed by atoms with Gasteiger partial charge in [-0.25, -0.2) is 18.7 Å². The Bertz CT molecular complexity index is 1360. The number of anilines is 2. The predicted octanol–water partition coefficient (Wildman–Crippen LogP) is 2.31. The number of aliphatic hydroxyl groups is 1. The van der Waals surface area contributed by atoms with Crippen molar-refractivity contribution in [3.05, 3.63) is 36.2 Å². The van der Waals surface area contributed by atoms with E-state index in [9.17, 15) is 13.9 Å². The summed E-state index contributed by atoms with van der Waals surface area (Å²) in [7, 11) is 1.37. The van der Waals surface area contributed by atoms with Crippen LogP contribution < -0.4 is 15.4 Å². The predicted molar refractivity (Wildman–Crippen MR) is 122 cm³/mol. The zero-order valence-electron chi connectivity index (χ0n) is 19.1. The molecule has 180 valence electrons. The van der Waals surface area contributed by atoms with Crippen LogP contribution in [0.4, 0.5) is 20.4 Å². The van der Waals surface area contributed by atoms with Gasteiger partial charge in [-0.15, -0.1) is 5.10 Å². The van der Waals surface area contributed by atoms with Crippen LogP contribution in [0.3, 0.4) is 0 Å². The molecular weight excluding hydrogens is 446 g/mol. The summed E-state index contributed by atoms with van der Waals surface area (Å²) in [6.07, 6.45) is 2.59. The molecule has 10 nitrogen and oxygen atoms in total. The van der Waals surface area contributed by atoms with E-state index < -0.39 is 17.6 Å². The Balaban J connectivity index is 1.48. The molecule has 2 atom stereocenters. The van der Waals surface area contributed by atoms with Crippen LogP contribution in [0, 0.1) is 5.82 Å². The van der Waals surface area contributed by atoms with Crippen LogP contribution in [0.25, 0.3) is 16.6 Å². The summed E-state index contributed by atoms with van der Waals surface area (Å²) in [5.41, 5.74) is 6.70. The fourth-order valence-electron chi connectivity index (χ4n) is 4.41. The van der Waals surface area contributed by atoms with Crippen molar-refractivity contribution in [2.45, 2.75) is 44.5 Å². The number of nitrogen functional groups attached to an aromatic ring is 1. The van der Waals surface area contributed by atoms with Crippen LogP contribution in [-0.4, -0.2) is 66.4 Å². The molecule has 1 fully saturated rings. The first-order valence-corrected chi connectivity index (χ1v) is 10.9. The maximum atomic E-state index is 14.8. The van der Waals surface area contributed by atoms with Gasteiger partial charge < -0.3 is 20.5 Å². The molecule has 1 aliphatic rings. The first-order chi connectivity index (χ1) is 16.1. The molecular formula is C22H26F2N8O2. The Hall–Kier alpha value is -3.54. The summed E-state index contributed by atoms with van der Waals surface area (Å²) in [6, 6.07) is 2.75. The van der Waals surface area contributed by atoms with Crippen molar-refractivity contribution in [1.82, 2.24) is 29.4 Å². The molecule has 0 amide bonds. The van der Waals surface area contributed by atoms with E-state index in [-0.39, 0.29) is 30.6 Å². The van der Waals surface area contributed by atoms with Crippen LogP contribution in [0.15, 0.2) is 24.5 Å². The van der Waals surface area contributed by atoms with Gasteiger partial charge in [-0.1, -0.05) is 0 Å². The Labute approximate surface area is 194 Å². The molecule has 0 radical (unpaired) electrons. The van der Waals surface area contributed by atoms with Crippen molar-refractivity contribution in [1.29, 1.82) is 0 Å². The van der Waals surface area contributed by atoms with Crippen molar-refractivity contribution in [2.75, 3.05) is 30.8 Å². The van der Waals surface area contributed by atoms with Crippen LogP contribution in [0.2, 0.25) is 0 Å². The van der Waals surface area contributed by atoms with Gasteiger partial charge in [-0.05, 0) is 26.3 Å². The third kappa shape index (κ3) is 4.09. The molecule has 0 spiro atoms. The molecule has 5 rings (SSSR count). The molecule has 4 heterocycles. The highest BCUT2D eigenvalue weighted by Gasteiger charge is 2.32. The highest BCUT2D eigenvalue weighted by molar-refractivity contribution is 5.93. The molecule has 3 aromatic heterocycles. The summed E-state index contributed by atoms with van der Waals surface area (Å²) < 4.78 is 37.2. The number of ether oxygens (including phenoxy) is 1. The lowest BCUT2D eigenvalue weighted by atomic mass is 9.96. The minimum absolute atomic E-state index is 0.0526. The van der Waals surface area contributed by atoms with Gasteiger partial charge >= 0.3 is 0 Å². The van der Waals surface area contributed by atoms with E-state index >= 15 is 0 Å². The second kappa shape index (κ2) is 8.05. The zero-order valence-corrected chi connectivity index (χ0v) is 19.1. The lowest BCUT2D eigenvalue weighted by Crippen LogP contribution is -2.41. The normalized spacial score (nSPS) is 19.3. The number of methoxy groups -OCH3 is 1. The number of piperidine rings is 1. The van der Waals surface area contributed by atoms with Gasteiger partial charge in [0.1, 0.15) is 6.17 Å². The summed E-state index contributed by atoms with van der Waals surface area (Å²) >= 11 is 0. The van der Waals surface area contributed by atoms with Gasteiger partial charge in [0.05, 0.1) is 36.7 Å². The Morgan fingerprint density at radius 2 is 2.06 bits per heavy atom. The van der Waals surface area contributed by atoms with Crippen molar-refractivity contribution in [3.63, 3.8) is 0 Å². The molecule has 0 aliphatic carbocycles. The van der Waals surface area contributed by atoms with Crippen molar-refractivity contribution < 1.29 is 18.6 Å². The van der Waals surface area contributed by atoms with E-state index in [0.29, 0.717) is 35.5 Å². The minimum Gasteiger partial charge on any atom is -0.494 e. The average Bonchev–Trinajstić information content (AvgIpc) is 3.40. The molecule has 12 heteroatoms. The molecule has 1 aliphatic heterocycles. The molecule has 1 saturated heterocycles. The van der Waals surface area contributed by atoms with E-state index in [1.807, 2.05) is 4.90 Å². The summed E-state index contributed by atoms with van der Waals surface area (Å²) in [5.74, 6) is -0.319. The summed E-state index contributed by atoms with van der Waals surface area (Å²) in [4.78, 5) is 10.8. The fraction of sp³-hybridized carbons (Fsp3) is 0.455. The highest BCUT2D eigenvalue weighted by atomic mass is 19.1. The second-order valence-electron chi connectivity index (χ2n) is 9.32. The monoisotopic (exact) mass is 472 g/mol. The molecule has 1 aromatic carbocycles. The number of hydrogen-bond donors (Lipinski definition) is 2. The standard InChI is InChI=1S/C22H26F2N8O2/c1-22(2,33)11-31-10-14(7-26-31)30-8-12(4-13(23)9-30)19-28-20-15-5-16(24)18(34-3)6-17(15)27-21(25)32(20)29-19/h5-7,10,12-13,33H,4,8-9,11H2,1-3H3,(H2,25,27)/t12-,13+/m1/s1. The topological polar surface area (TPSA) is 120 Å². The van der Waals surface area contributed by atoms with E-state index in [1.54, 1.807) is 30.9 Å². The number of nitrogens with two attached hydrogens (primary N) is 1. The van der Waals surface area contributed by atoms with Crippen molar-refractivity contribution in [3.8, 4) is 5.75 Å². The van der Waals surface area contributed by atoms with Gasteiger partial charge in [0.15, 0.2) is 23.0 Å². The number of benzene rings is 1. The molecule has 0 bridgehead atoms. The largest absolute Gasteiger partial charge is 0.494 e. The molecule has 0 saturated carbocycles. The number of hydrogen-bond acceptors (Lipinski definition) is 8. The second-order valence-corrected chi connectivity index (χ2v) is 9.32. The quantitative estimate of drug-likeness (QED) is 0.454. The number of nitrogens with zero attached hydrogens (tertiary/aromatic N) is 7. The van der Waals surface area contributed by atoms with Gasteiger partial charge in [-0.2, -0.15) is 9.61 Å². The Morgan fingerprint density at radius 1 is 1.26 bits per heavy atom. The van der Waals surface area contributed by atoms with Crippen LogP contribution in [-0.2, 0) is 6.54 Å². The molecule has 4 aromatic rings. The number of aromatic nitrogens is 6. The summed E-state index contributed by atoms with van der Waals surface area (Å²) in [6.45, 7) is 4.40. The maximum absolute atomic E-state index is 14.8. The van der Waals surface area contributed by atoms with E-state index in [1.165, 1.54) is 23.8 Å². The van der Waals surface area contributed by atoms with Crippen molar-refractivity contribution in [2.24, 2.45) is 0 Å². The van der Waals surface area contributed by atoms with Gasteiger partial charge in [0.25, 0.3) is 0 Å². The van der Waals surface area contributed by atoms with Crippen LogP contribution in [0.5, 0.6) is 5.75 Å². The molecule has 34 heavy (non-hydrogen) atoms. The third-order valence-electron chi connectivity index (χ3n) is 5.88. The third-order valence-corrected chi connectivity index (χ3v) is 5.88. The molecule has 0 unspecified atom stereocenters. The highest BCUT2D eigenvalue weighted by Crippen LogP contribution is 2.32. The maximum Gasteiger partial charge on any atom is 0.223 e. The van der Waals surface area contributed by atoms with Crippen LogP contribution >= 0.6 is 0 Å². The lowest BCUT2D eigenvalue weighted by molar-refractivity contribution is 0.0577. The van der Waals surface area contributed by atoms with Crippen LogP contribution in [0.1, 0.15) is 32.0 Å². The first-order valence-electron chi connectivity index (χ1n) is 10.9. The average molecular weight is 473 g/mol. The smallest absolute Gasteiger partial charge is 0.223 e. The number of rotatable bonds is 5. The fourth-order valence-corrected chi connectivity index (χ4v) is 4.41. The Morgan fingerprint density at radius 3 is 2.79 bits per heavy atom. The zero-order chi connectivity index (χ0) is 24.2. The van der Waals surface area contributed by atoms with E-state index in [4.69, 9.17) is 10.5 Å². The molecule has 3 N–H and O–H groups in total. The van der Waals surface area contributed by atoms with Gasteiger partial charge in [0, 0.05) is 36.7 Å².